The van der Waals surface area contributed by atoms with Gasteiger partial charge in [0.25, 0.3) is 0 Å². The van der Waals surface area contributed by atoms with Crippen LogP contribution in [-0.2, 0) is 16.0 Å². The predicted molar refractivity (Wildman–Crippen MR) is 85.7 cm³/mol. The Morgan fingerprint density at radius 3 is 3.20 bits per heavy atom. The molecule has 1 aromatic heterocycles. The first-order valence-electron chi connectivity index (χ1n) is 7.23. The van der Waals surface area contributed by atoms with Crippen molar-refractivity contribution >= 4 is 34.2 Å². The largest absolute Gasteiger partial charge is 0.466 e. The molecule has 0 radical (unpaired) electrons. The molecule has 1 atom stereocenters. The fourth-order valence-corrected chi connectivity index (χ4v) is 4.13. The Balaban J connectivity index is 1.70. The van der Waals surface area contributed by atoms with Gasteiger partial charge >= 0.3 is 5.97 Å². The molecule has 2 heterocycles. The van der Waals surface area contributed by atoms with Crippen LogP contribution in [0.3, 0.4) is 0 Å². The number of hydrogen-bond acceptors (Lipinski definition) is 6. The van der Waals surface area contributed by atoms with Crippen molar-refractivity contribution in [1.29, 1.82) is 0 Å². The fraction of sp³-hybridized carbons (Fsp3) is 0.714. The van der Waals surface area contributed by atoms with Crippen molar-refractivity contribution in [2.45, 2.75) is 44.3 Å². The number of nitrogens with zero attached hydrogens (tertiary/aromatic N) is 1. The number of esters is 1. The molecule has 0 spiro atoms. The molecule has 0 saturated carbocycles. The summed E-state index contributed by atoms with van der Waals surface area (Å²) in [5.74, 6) is 1.14. The topological polar surface area (TPSA) is 51.2 Å². The van der Waals surface area contributed by atoms with Gasteiger partial charge in [0.05, 0.1) is 18.7 Å². The lowest BCUT2D eigenvalue weighted by atomic mass is 10.2. The molecule has 1 aliphatic rings. The van der Waals surface area contributed by atoms with Crippen LogP contribution in [0, 0.1) is 0 Å². The number of rotatable bonds is 7. The smallest absolute Gasteiger partial charge is 0.306 e. The second-order valence-electron chi connectivity index (χ2n) is 4.82. The molecule has 1 aromatic rings. The highest BCUT2D eigenvalue weighted by Gasteiger charge is 2.14. The highest BCUT2D eigenvalue weighted by Crippen LogP contribution is 2.26. The minimum Gasteiger partial charge on any atom is -0.466 e. The summed E-state index contributed by atoms with van der Waals surface area (Å²) < 4.78 is 4.92. The molecule has 1 saturated heterocycles. The van der Waals surface area contributed by atoms with E-state index < -0.39 is 0 Å². The Bertz CT molecular complexity index is 417. The van der Waals surface area contributed by atoms with Crippen LogP contribution in [0.15, 0.2) is 5.38 Å². The molecule has 1 aliphatic heterocycles. The molecule has 6 heteroatoms. The van der Waals surface area contributed by atoms with E-state index in [2.05, 4.69) is 22.1 Å². The number of aromatic nitrogens is 1. The number of nitrogens with one attached hydrogen (secondary N) is 1. The zero-order chi connectivity index (χ0) is 14.2. The number of thiazole rings is 1. The SMILES string of the molecule is CCOC(=O)CCc1csc(NCC2CCCCS2)n1. The van der Waals surface area contributed by atoms with Crippen LogP contribution in [0.2, 0.25) is 0 Å². The average Bonchev–Trinajstić information content (AvgIpc) is 2.92. The van der Waals surface area contributed by atoms with Crippen molar-refractivity contribution in [2.75, 3.05) is 24.2 Å². The molecule has 0 amide bonds. The van der Waals surface area contributed by atoms with Crippen LogP contribution < -0.4 is 5.32 Å². The quantitative estimate of drug-likeness (QED) is 0.782. The van der Waals surface area contributed by atoms with Gasteiger partial charge in [0.2, 0.25) is 0 Å². The first-order valence-corrected chi connectivity index (χ1v) is 9.16. The van der Waals surface area contributed by atoms with Gasteiger partial charge in [0.15, 0.2) is 5.13 Å². The van der Waals surface area contributed by atoms with Gasteiger partial charge in [0.1, 0.15) is 0 Å². The van der Waals surface area contributed by atoms with E-state index in [0.717, 1.165) is 22.6 Å². The summed E-state index contributed by atoms with van der Waals surface area (Å²) >= 11 is 3.68. The maximum absolute atomic E-state index is 11.3. The monoisotopic (exact) mass is 314 g/mol. The van der Waals surface area contributed by atoms with Crippen LogP contribution in [0.5, 0.6) is 0 Å². The minimum absolute atomic E-state index is 0.145. The van der Waals surface area contributed by atoms with Gasteiger partial charge in [-0.1, -0.05) is 6.42 Å². The summed E-state index contributed by atoms with van der Waals surface area (Å²) in [5, 5.41) is 7.13. The number of carbonyl (C=O) groups excluding carboxylic acids is 1. The predicted octanol–water partition coefficient (Wildman–Crippen LogP) is 3.34. The molecule has 20 heavy (non-hydrogen) atoms. The highest BCUT2D eigenvalue weighted by atomic mass is 32.2. The van der Waals surface area contributed by atoms with Gasteiger partial charge in [-0.25, -0.2) is 4.98 Å². The Hall–Kier alpha value is -0.750. The summed E-state index contributed by atoms with van der Waals surface area (Å²) in [6.07, 6.45) is 5.09. The van der Waals surface area contributed by atoms with Crippen molar-refractivity contribution < 1.29 is 9.53 Å². The van der Waals surface area contributed by atoms with E-state index in [1.54, 1.807) is 11.3 Å². The first-order chi connectivity index (χ1) is 9.78. The standard InChI is InChI=1S/C14H22N2O2S2/c1-2-18-13(17)7-6-11-10-20-14(16-11)15-9-12-5-3-4-8-19-12/h10,12H,2-9H2,1H3,(H,15,16). The van der Waals surface area contributed by atoms with Crippen LogP contribution >= 0.6 is 23.1 Å². The third-order valence-electron chi connectivity index (χ3n) is 3.20. The van der Waals surface area contributed by atoms with Crippen molar-refractivity contribution in [3.05, 3.63) is 11.1 Å². The molecule has 0 aromatic carbocycles. The number of ether oxygens (including phenoxy) is 1. The van der Waals surface area contributed by atoms with Gasteiger partial charge in [-0.3, -0.25) is 4.79 Å². The van der Waals surface area contributed by atoms with Crippen LogP contribution in [0.25, 0.3) is 0 Å². The molecule has 1 fully saturated rings. The molecule has 2 rings (SSSR count). The molecule has 0 aliphatic carbocycles. The van der Waals surface area contributed by atoms with E-state index in [-0.39, 0.29) is 5.97 Å². The first kappa shape index (κ1) is 15.6. The Labute approximate surface area is 128 Å². The van der Waals surface area contributed by atoms with Crippen molar-refractivity contribution in [1.82, 2.24) is 4.98 Å². The van der Waals surface area contributed by atoms with Crippen molar-refractivity contribution in [2.24, 2.45) is 0 Å². The normalized spacial score (nSPS) is 18.8. The van der Waals surface area contributed by atoms with Gasteiger partial charge in [-0.2, -0.15) is 11.8 Å². The lowest BCUT2D eigenvalue weighted by Gasteiger charge is -2.21. The summed E-state index contributed by atoms with van der Waals surface area (Å²) in [6, 6.07) is 0. The maximum atomic E-state index is 11.3. The maximum Gasteiger partial charge on any atom is 0.306 e. The van der Waals surface area contributed by atoms with Gasteiger partial charge in [-0.05, 0) is 25.5 Å². The van der Waals surface area contributed by atoms with Gasteiger partial charge in [0, 0.05) is 23.6 Å². The second-order valence-corrected chi connectivity index (χ2v) is 7.08. The third kappa shape index (κ3) is 5.32. The fourth-order valence-electron chi connectivity index (χ4n) is 2.14. The average molecular weight is 314 g/mol. The van der Waals surface area contributed by atoms with Crippen LogP contribution in [-0.4, -0.2) is 35.1 Å². The summed E-state index contributed by atoms with van der Waals surface area (Å²) in [6.45, 7) is 3.27. The summed E-state index contributed by atoms with van der Waals surface area (Å²) in [7, 11) is 0. The highest BCUT2D eigenvalue weighted by molar-refractivity contribution is 7.99. The lowest BCUT2D eigenvalue weighted by molar-refractivity contribution is -0.143. The molecule has 0 bridgehead atoms. The Morgan fingerprint density at radius 1 is 1.55 bits per heavy atom. The van der Waals surface area contributed by atoms with E-state index >= 15 is 0 Å². The Morgan fingerprint density at radius 2 is 2.45 bits per heavy atom. The molecule has 1 unspecified atom stereocenters. The van der Waals surface area contributed by atoms with Crippen molar-refractivity contribution in [3.8, 4) is 0 Å². The van der Waals surface area contributed by atoms with E-state index in [1.165, 1.54) is 25.0 Å². The molecule has 112 valence electrons. The van der Waals surface area contributed by atoms with E-state index in [1.807, 2.05) is 12.3 Å². The number of hydrogen-bond donors (Lipinski definition) is 1. The zero-order valence-corrected chi connectivity index (χ0v) is 13.5. The minimum atomic E-state index is -0.145. The Kier molecular flexibility index (Phi) is 6.66. The molecule has 4 nitrogen and oxygen atoms in total. The van der Waals surface area contributed by atoms with Gasteiger partial charge in [-0.15, -0.1) is 11.3 Å². The second kappa shape index (κ2) is 8.52. The number of anilines is 1. The van der Waals surface area contributed by atoms with Crippen LogP contribution in [0.1, 0.15) is 38.3 Å². The number of carbonyl (C=O) groups is 1. The van der Waals surface area contributed by atoms with E-state index in [0.29, 0.717) is 19.4 Å². The molecular formula is C14H22N2O2S2. The summed E-state index contributed by atoms with van der Waals surface area (Å²) in [4.78, 5) is 15.8. The molecular weight excluding hydrogens is 292 g/mol. The van der Waals surface area contributed by atoms with Crippen LogP contribution in [0.4, 0.5) is 5.13 Å². The van der Waals surface area contributed by atoms with Gasteiger partial charge < -0.3 is 10.1 Å². The number of aryl methyl sites for hydroxylation is 1. The molecule has 1 N–H and O–H groups in total. The lowest BCUT2D eigenvalue weighted by Crippen LogP contribution is -2.19. The van der Waals surface area contributed by atoms with E-state index in [4.69, 9.17) is 4.74 Å². The summed E-state index contributed by atoms with van der Waals surface area (Å²) in [5.41, 5.74) is 0.974. The van der Waals surface area contributed by atoms with E-state index in [9.17, 15) is 4.79 Å². The number of thioether (sulfide) groups is 1. The van der Waals surface area contributed by atoms with Crippen molar-refractivity contribution in [3.63, 3.8) is 0 Å². The zero-order valence-electron chi connectivity index (χ0n) is 11.9. The third-order valence-corrected chi connectivity index (χ3v) is 5.44.